The summed E-state index contributed by atoms with van der Waals surface area (Å²) in [7, 11) is 0. The van der Waals surface area contributed by atoms with E-state index < -0.39 is 30.2 Å². The molecule has 0 bridgehead atoms. The van der Waals surface area contributed by atoms with Gasteiger partial charge >= 0.3 is 12.5 Å². The molecule has 8 heteroatoms. The largest absolute Gasteiger partial charge is 0.461 e. The third kappa shape index (κ3) is 4.40. The summed E-state index contributed by atoms with van der Waals surface area (Å²) in [5.41, 5.74) is 11.0. The first-order valence-electron chi connectivity index (χ1n) is 5.21. The van der Waals surface area contributed by atoms with Gasteiger partial charge in [-0.1, -0.05) is 12.1 Å². The van der Waals surface area contributed by atoms with Gasteiger partial charge in [0.15, 0.2) is 0 Å². The number of benzene rings is 1. The van der Waals surface area contributed by atoms with Gasteiger partial charge in [-0.3, -0.25) is 4.79 Å². The summed E-state index contributed by atoms with van der Waals surface area (Å²) in [6.07, 6.45) is -8.60. The zero-order valence-corrected chi connectivity index (χ0v) is 9.65. The van der Waals surface area contributed by atoms with Crippen molar-refractivity contribution >= 4 is 5.91 Å². The highest BCUT2D eigenvalue weighted by molar-refractivity contribution is 5.74. The van der Waals surface area contributed by atoms with Crippen molar-refractivity contribution < 1.29 is 27.1 Å². The molecular weight excluding hydrogens is 268 g/mol. The Morgan fingerprint density at radius 3 is 2.21 bits per heavy atom. The highest BCUT2D eigenvalue weighted by atomic mass is 19.3. The molecule has 1 aromatic rings. The molecule has 1 unspecified atom stereocenters. The molecular formula is C11H12F4N2O2. The smallest absolute Gasteiger partial charge is 0.428 e. The van der Waals surface area contributed by atoms with Crippen molar-refractivity contribution in [1.82, 2.24) is 0 Å². The van der Waals surface area contributed by atoms with Crippen LogP contribution in [0.2, 0.25) is 0 Å². The number of ether oxygens (including phenoxy) is 1. The summed E-state index contributed by atoms with van der Waals surface area (Å²) in [4.78, 5) is 10.6. The van der Waals surface area contributed by atoms with Crippen molar-refractivity contribution in [2.75, 3.05) is 0 Å². The molecule has 0 aliphatic carbocycles. The van der Waals surface area contributed by atoms with Gasteiger partial charge in [-0.2, -0.15) is 17.6 Å². The van der Waals surface area contributed by atoms with E-state index in [-0.39, 0.29) is 6.42 Å². The lowest BCUT2D eigenvalue weighted by Gasteiger charge is -2.17. The molecule has 0 aromatic heterocycles. The van der Waals surface area contributed by atoms with Gasteiger partial charge < -0.3 is 16.2 Å². The minimum Gasteiger partial charge on any atom is -0.428 e. The number of halogens is 4. The second-order valence-electron chi connectivity index (χ2n) is 3.81. The highest BCUT2D eigenvalue weighted by Crippen LogP contribution is 2.28. The molecule has 0 aliphatic rings. The number of carbonyl (C=O) groups is 1. The molecule has 0 saturated carbocycles. The van der Waals surface area contributed by atoms with E-state index in [2.05, 4.69) is 4.74 Å². The number of rotatable bonds is 6. The van der Waals surface area contributed by atoms with Gasteiger partial charge in [0, 0.05) is 12.5 Å². The van der Waals surface area contributed by atoms with Crippen LogP contribution in [0.4, 0.5) is 17.6 Å². The lowest BCUT2D eigenvalue weighted by atomic mass is 10.0. The van der Waals surface area contributed by atoms with Gasteiger partial charge in [-0.05, 0) is 17.7 Å². The van der Waals surface area contributed by atoms with E-state index in [0.717, 1.165) is 12.1 Å². The molecule has 1 atom stereocenters. The van der Waals surface area contributed by atoms with Crippen LogP contribution in [0.15, 0.2) is 24.3 Å². The minimum atomic E-state index is -4.56. The predicted molar refractivity (Wildman–Crippen MR) is 58.8 cm³/mol. The van der Waals surface area contributed by atoms with Crippen molar-refractivity contribution in [3.63, 3.8) is 0 Å². The molecule has 4 nitrogen and oxygen atoms in total. The molecule has 0 fully saturated rings. The Labute approximate surface area is 106 Å². The van der Waals surface area contributed by atoms with Gasteiger partial charge in [0.1, 0.15) is 5.75 Å². The Morgan fingerprint density at radius 1 is 1.26 bits per heavy atom. The number of alkyl halides is 4. The number of amides is 1. The predicted octanol–water partition coefficient (Wildman–Crippen LogP) is 1.80. The van der Waals surface area contributed by atoms with Crippen molar-refractivity contribution in [1.29, 1.82) is 0 Å². The topological polar surface area (TPSA) is 78.3 Å². The Bertz CT molecular complexity index is 437. The van der Waals surface area contributed by atoms with Crippen LogP contribution >= 0.6 is 0 Å². The molecule has 106 valence electrons. The quantitative estimate of drug-likeness (QED) is 0.780. The highest BCUT2D eigenvalue weighted by Gasteiger charge is 2.43. The van der Waals surface area contributed by atoms with Crippen LogP contribution in [0.5, 0.6) is 5.75 Å². The van der Waals surface area contributed by atoms with Crippen LogP contribution in [-0.2, 0) is 4.79 Å². The molecule has 0 aliphatic heterocycles. The van der Waals surface area contributed by atoms with Crippen molar-refractivity contribution in [3.8, 4) is 5.75 Å². The number of hydrogen-bond donors (Lipinski definition) is 2. The van der Waals surface area contributed by atoms with Crippen LogP contribution in [0.1, 0.15) is 18.0 Å². The summed E-state index contributed by atoms with van der Waals surface area (Å²) in [5.74, 6) is -1.04. The molecule has 0 saturated heterocycles. The summed E-state index contributed by atoms with van der Waals surface area (Å²) in [6, 6.07) is 4.02. The molecule has 0 heterocycles. The van der Waals surface area contributed by atoms with Gasteiger partial charge in [-0.15, -0.1) is 0 Å². The molecule has 0 radical (unpaired) electrons. The summed E-state index contributed by atoms with van der Waals surface area (Å²) < 4.78 is 52.9. The summed E-state index contributed by atoms with van der Waals surface area (Å²) >= 11 is 0. The zero-order valence-electron chi connectivity index (χ0n) is 9.65. The average Bonchev–Trinajstić information content (AvgIpc) is 2.28. The standard InChI is InChI=1S/C11H12F4N2O2/c12-10(13)11(14,15)19-7-3-1-6(2-4-7)8(16)5-9(17)18/h1-4,8,10H,5,16H2,(H2,17,18). The van der Waals surface area contributed by atoms with Crippen LogP contribution in [0, 0.1) is 0 Å². The van der Waals surface area contributed by atoms with Crippen LogP contribution in [-0.4, -0.2) is 18.4 Å². The van der Waals surface area contributed by atoms with Gasteiger partial charge in [-0.25, -0.2) is 0 Å². The molecule has 1 rings (SSSR count). The maximum Gasteiger partial charge on any atom is 0.461 e. The Kier molecular flexibility index (Phi) is 4.71. The van der Waals surface area contributed by atoms with Crippen molar-refractivity contribution in [3.05, 3.63) is 29.8 Å². The number of carbonyl (C=O) groups excluding carboxylic acids is 1. The van der Waals surface area contributed by atoms with E-state index in [0.29, 0.717) is 5.56 Å². The maximum absolute atomic E-state index is 12.6. The Hall–Kier alpha value is -1.83. The monoisotopic (exact) mass is 280 g/mol. The third-order valence-corrected chi connectivity index (χ3v) is 2.24. The fourth-order valence-corrected chi connectivity index (χ4v) is 1.32. The molecule has 1 amide bonds. The lowest BCUT2D eigenvalue weighted by molar-refractivity contribution is -0.253. The average molecular weight is 280 g/mol. The van der Waals surface area contributed by atoms with E-state index in [9.17, 15) is 22.4 Å². The van der Waals surface area contributed by atoms with E-state index in [1.54, 1.807) is 0 Å². The normalized spacial score (nSPS) is 13.4. The third-order valence-electron chi connectivity index (χ3n) is 2.24. The molecule has 0 spiro atoms. The number of nitrogens with two attached hydrogens (primary N) is 2. The molecule has 19 heavy (non-hydrogen) atoms. The molecule has 1 aromatic carbocycles. The minimum absolute atomic E-state index is 0.118. The first-order valence-corrected chi connectivity index (χ1v) is 5.21. The second kappa shape index (κ2) is 5.87. The number of primary amides is 1. The lowest BCUT2D eigenvalue weighted by Crippen LogP contribution is -2.33. The summed E-state index contributed by atoms with van der Waals surface area (Å²) in [5, 5.41) is 0. The first kappa shape index (κ1) is 15.2. The van der Waals surface area contributed by atoms with Crippen LogP contribution < -0.4 is 16.2 Å². The van der Waals surface area contributed by atoms with E-state index in [4.69, 9.17) is 11.5 Å². The van der Waals surface area contributed by atoms with E-state index in [1.807, 2.05) is 0 Å². The van der Waals surface area contributed by atoms with Gasteiger partial charge in [0.2, 0.25) is 5.91 Å². The van der Waals surface area contributed by atoms with Crippen molar-refractivity contribution in [2.45, 2.75) is 25.0 Å². The summed E-state index contributed by atoms with van der Waals surface area (Å²) in [6.45, 7) is 0. The van der Waals surface area contributed by atoms with E-state index >= 15 is 0 Å². The maximum atomic E-state index is 12.6. The fraction of sp³-hybridized carbons (Fsp3) is 0.364. The Morgan fingerprint density at radius 2 is 1.79 bits per heavy atom. The van der Waals surface area contributed by atoms with Crippen molar-refractivity contribution in [2.24, 2.45) is 11.5 Å². The Balaban J connectivity index is 2.74. The number of hydrogen-bond acceptors (Lipinski definition) is 3. The van der Waals surface area contributed by atoms with Gasteiger partial charge in [0.05, 0.1) is 0 Å². The van der Waals surface area contributed by atoms with E-state index in [1.165, 1.54) is 12.1 Å². The SMILES string of the molecule is NC(=O)CC(N)c1ccc(OC(F)(F)C(F)F)cc1. The zero-order chi connectivity index (χ0) is 14.6. The fourth-order valence-electron chi connectivity index (χ4n) is 1.32. The van der Waals surface area contributed by atoms with Crippen LogP contribution in [0.3, 0.4) is 0 Å². The van der Waals surface area contributed by atoms with Gasteiger partial charge in [0.25, 0.3) is 0 Å². The molecule has 4 N–H and O–H groups in total. The second-order valence-corrected chi connectivity index (χ2v) is 3.81. The van der Waals surface area contributed by atoms with Crippen LogP contribution in [0.25, 0.3) is 0 Å². The first-order chi connectivity index (χ1) is 8.72.